The van der Waals surface area contributed by atoms with Crippen LogP contribution >= 0.6 is 11.3 Å². The van der Waals surface area contributed by atoms with Gasteiger partial charge in [0.1, 0.15) is 0 Å². The van der Waals surface area contributed by atoms with Crippen molar-refractivity contribution in [3.63, 3.8) is 0 Å². The fourth-order valence-electron chi connectivity index (χ4n) is 3.06. The van der Waals surface area contributed by atoms with E-state index in [0.717, 1.165) is 57.9 Å². The number of nitrogens with two attached hydrogens (primary N) is 1. The number of carbonyl (C=O) groups excluding carboxylic acids is 1. The molecule has 0 radical (unpaired) electrons. The quantitative estimate of drug-likeness (QED) is 0.372. The zero-order valence-corrected chi connectivity index (χ0v) is 16.2. The summed E-state index contributed by atoms with van der Waals surface area (Å²) in [6.07, 6.45) is 3.02. The Hall–Kier alpha value is -1.60. The maximum absolute atomic E-state index is 11.3. The molecule has 1 aliphatic rings. The first-order chi connectivity index (χ1) is 12.1. The van der Waals surface area contributed by atoms with E-state index >= 15 is 0 Å². The predicted octanol–water partition coefficient (Wildman–Crippen LogP) is 1.70. The van der Waals surface area contributed by atoms with Crippen molar-refractivity contribution in [2.75, 3.05) is 32.7 Å². The second-order valence-electron chi connectivity index (χ2n) is 6.54. The fraction of sp³-hybridized carbons (Fsp3) is 0.667. The van der Waals surface area contributed by atoms with Gasteiger partial charge in [0.2, 0.25) is 5.91 Å². The highest BCUT2D eigenvalue weighted by molar-refractivity contribution is 7.10. The minimum Gasteiger partial charge on any atom is -0.369 e. The third-order valence-corrected chi connectivity index (χ3v) is 5.55. The Balaban J connectivity index is 1.72. The van der Waals surface area contributed by atoms with Gasteiger partial charge in [-0.25, -0.2) is 4.99 Å². The highest BCUT2D eigenvalue weighted by Gasteiger charge is 2.23. The van der Waals surface area contributed by atoms with Gasteiger partial charge < -0.3 is 21.3 Å². The van der Waals surface area contributed by atoms with Crippen LogP contribution in [0, 0.1) is 12.8 Å². The van der Waals surface area contributed by atoms with Gasteiger partial charge >= 0.3 is 0 Å². The summed E-state index contributed by atoms with van der Waals surface area (Å²) in [4.78, 5) is 19.7. The van der Waals surface area contributed by atoms with E-state index in [-0.39, 0.29) is 11.8 Å². The summed E-state index contributed by atoms with van der Waals surface area (Å²) in [6, 6.07) is 2.13. The maximum Gasteiger partial charge on any atom is 0.221 e. The lowest BCUT2D eigenvalue weighted by Gasteiger charge is -2.31. The summed E-state index contributed by atoms with van der Waals surface area (Å²) < 4.78 is 0. The summed E-state index contributed by atoms with van der Waals surface area (Å²) in [7, 11) is 0. The lowest BCUT2D eigenvalue weighted by molar-refractivity contribution is -0.123. The summed E-state index contributed by atoms with van der Waals surface area (Å²) in [5, 5.41) is 8.80. The molecule has 2 heterocycles. The van der Waals surface area contributed by atoms with Gasteiger partial charge in [-0.15, -0.1) is 11.3 Å². The van der Waals surface area contributed by atoms with Crippen LogP contribution in [0.25, 0.3) is 0 Å². The highest BCUT2D eigenvalue weighted by atomic mass is 32.1. The van der Waals surface area contributed by atoms with E-state index < -0.39 is 0 Å². The number of guanidine groups is 1. The largest absolute Gasteiger partial charge is 0.369 e. The highest BCUT2D eigenvalue weighted by Crippen LogP contribution is 2.17. The molecule has 25 heavy (non-hydrogen) atoms. The van der Waals surface area contributed by atoms with Crippen molar-refractivity contribution in [1.82, 2.24) is 15.5 Å². The zero-order chi connectivity index (χ0) is 18.1. The number of amides is 1. The minimum atomic E-state index is -0.159. The first kappa shape index (κ1) is 19.7. The van der Waals surface area contributed by atoms with Gasteiger partial charge in [0.05, 0.1) is 12.5 Å². The molecule has 1 aliphatic heterocycles. The first-order valence-electron chi connectivity index (χ1n) is 9.17. The van der Waals surface area contributed by atoms with Crippen molar-refractivity contribution >= 4 is 23.2 Å². The second-order valence-corrected chi connectivity index (χ2v) is 7.55. The standard InChI is InChI=1S/C18H31N5OS/c1-3-20-18(22-12-16-14(2)7-11-25-16)21-8-5-10-23-9-4-6-15(13-23)17(19)24/h7,11,15H,3-6,8-10,12-13H2,1-2H3,(H2,19,24)(H2,20,21,22). The first-order valence-corrected chi connectivity index (χ1v) is 10.0. The van der Waals surface area contributed by atoms with Crippen molar-refractivity contribution in [2.24, 2.45) is 16.6 Å². The lowest BCUT2D eigenvalue weighted by Crippen LogP contribution is -2.43. The Bertz CT molecular complexity index is 572. The van der Waals surface area contributed by atoms with Gasteiger partial charge in [0, 0.05) is 24.5 Å². The molecule has 1 saturated heterocycles. The lowest BCUT2D eigenvalue weighted by atomic mass is 9.97. The molecule has 2 rings (SSSR count). The normalized spacial score (nSPS) is 19.0. The number of hydrogen-bond acceptors (Lipinski definition) is 4. The monoisotopic (exact) mass is 365 g/mol. The number of likely N-dealkylation sites (tertiary alicyclic amines) is 1. The molecule has 1 amide bonds. The number of nitrogens with one attached hydrogen (secondary N) is 2. The molecule has 1 fully saturated rings. The summed E-state index contributed by atoms with van der Waals surface area (Å²) in [6.45, 7) is 9.49. The molecule has 1 atom stereocenters. The summed E-state index contributed by atoms with van der Waals surface area (Å²) in [5.74, 6) is 0.729. The van der Waals surface area contributed by atoms with Crippen LogP contribution < -0.4 is 16.4 Å². The second kappa shape index (κ2) is 10.4. The summed E-state index contributed by atoms with van der Waals surface area (Å²) in [5.41, 5.74) is 6.74. The Labute approximate surface area is 154 Å². The van der Waals surface area contributed by atoms with Crippen molar-refractivity contribution in [2.45, 2.75) is 39.7 Å². The van der Waals surface area contributed by atoms with Crippen LogP contribution in [0.2, 0.25) is 0 Å². The number of piperidine rings is 1. The van der Waals surface area contributed by atoms with Crippen LogP contribution in [-0.2, 0) is 11.3 Å². The van der Waals surface area contributed by atoms with Gasteiger partial charge in [-0.1, -0.05) is 0 Å². The van der Waals surface area contributed by atoms with Crippen LogP contribution in [0.3, 0.4) is 0 Å². The fourth-order valence-corrected chi connectivity index (χ4v) is 3.89. The summed E-state index contributed by atoms with van der Waals surface area (Å²) >= 11 is 1.75. The van der Waals surface area contributed by atoms with Gasteiger partial charge in [-0.3, -0.25) is 4.79 Å². The smallest absolute Gasteiger partial charge is 0.221 e. The Morgan fingerprint density at radius 3 is 3.00 bits per heavy atom. The van der Waals surface area contributed by atoms with Crippen LogP contribution in [0.15, 0.2) is 16.4 Å². The third kappa shape index (κ3) is 6.66. The van der Waals surface area contributed by atoms with Crippen molar-refractivity contribution in [3.8, 4) is 0 Å². The molecule has 1 aromatic heterocycles. The number of thiophene rings is 1. The van der Waals surface area contributed by atoms with E-state index in [9.17, 15) is 4.79 Å². The molecule has 0 saturated carbocycles. The number of carbonyl (C=O) groups is 1. The van der Waals surface area contributed by atoms with E-state index in [2.05, 4.69) is 45.8 Å². The van der Waals surface area contributed by atoms with Crippen molar-refractivity contribution < 1.29 is 4.79 Å². The molecular formula is C18H31N5OS. The number of rotatable bonds is 8. The molecule has 4 N–H and O–H groups in total. The van der Waals surface area contributed by atoms with Crippen LogP contribution in [-0.4, -0.2) is 49.5 Å². The topological polar surface area (TPSA) is 82.8 Å². The van der Waals surface area contributed by atoms with Gasteiger partial charge in [-0.2, -0.15) is 0 Å². The molecule has 1 unspecified atom stereocenters. The maximum atomic E-state index is 11.3. The molecule has 6 nitrogen and oxygen atoms in total. The zero-order valence-electron chi connectivity index (χ0n) is 15.4. The predicted molar refractivity (Wildman–Crippen MR) is 105 cm³/mol. The Kier molecular flexibility index (Phi) is 8.21. The van der Waals surface area contributed by atoms with Crippen LogP contribution in [0.4, 0.5) is 0 Å². The number of nitrogens with zero attached hydrogens (tertiary/aromatic N) is 2. The van der Waals surface area contributed by atoms with Crippen molar-refractivity contribution in [3.05, 3.63) is 21.9 Å². The molecule has 0 spiro atoms. The molecular weight excluding hydrogens is 334 g/mol. The molecule has 0 aliphatic carbocycles. The number of aryl methyl sites for hydroxylation is 1. The van der Waals surface area contributed by atoms with E-state index in [1.165, 1.54) is 10.4 Å². The van der Waals surface area contributed by atoms with Crippen molar-refractivity contribution in [1.29, 1.82) is 0 Å². The SMILES string of the molecule is CCNC(=NCc1sccc1C)NCCCN1CCCC(C(N)=O)C1. The van der Waals surface area contributed by atoms with E-state index in [0.29, 0.717) is 6.54 Å². The number of primary amides is 1. The van der Waals surface area contributed by atoms with E-state index in [1.807, 2.05) is 0 Å². The van der Waals surface area contributed by atoms with Crippen LogP contribution in [0.5, 0.6) is 0 Å². The molecule has 7 heteroatoms. The molecule has 0 bridgehead atoms. The van der Waals surface area contributed by atoms with Gasteiger partial charge in [-0.05, 0) is 63.2 Å². The average Bonchev–Trinajstić information content (AvgIpc) is 3.01. The number of aliphatic imine (C=N–C) groups is 1. The van der Waals surface area contributed by atoms with Gasteiger partial charge in [0.15, 0.2) is 5.96 Å². The number of hydrogen-bond donors (Lipinski definition) is 3. The molecule has 0 aromatic carbocycles. The third-order valence-electron chi connectivity index (χ3n) is 4.54. The minimum absolute atomic E-state index is 0.0228. The van der Waals surface area contributed by atoms with E-state index in [4.69, 9.17) is 5.73 Å². The molecule has 1 aromatic rings. The van der Waals surface area contributed by atoms with Crippen LogP contribution in [0.1, 0.15) is 36.6 Å². The average molecular weight is 366 g/mol. The van der Waals surface area contributed by atoms with Gasteiger partial charge in [0.25, 0.3) is 0 Å². The van der Waals surface area contributed by atoms with E-state index in [1.54, 1.807) is 11.3 Å². The Morgan fingerprint density at radius 2 is 2.32 bits per heavy atom. The Morgan fingerprint density at radius 1 is 1.48 bits per heavy atom. The molecule has 140 valence electrons.